The highest BCUT2D eigenvalue weighted by Gasteiger charge is 2.11. The van der Waals surface area contributed by atoms with Crippen LogP contribution < -0.4 is 4.74 Å². The second-order valence-electron chi connectivity index (χ2n) is 4.54. The maximum atomic E-state index is 9.31. The van der Waals surface area contributed by atoms with Gasteiger partial charge >= 0.3 is 0 Å². The van der Waals surface area contributed by atoms with Gasteiger partial charge in [0.2, 0.25) is 0 Å². The van der Waals surface area contributed by atoms with E-state index in [1.807, 2.05) is 39.1 Å². The lowest BCUT2D eigenvalue weighted by Gasteiger charge is -2.09. The smallest absolute Gasteiger partial charge is 0.121 e. The third kappa shape index (κ3) is 2.02. The molecule has 0 saturated carbocycles. The monoisotopic (exact) mass is 245 g/mol. The fourth-order valence-electron chi connectivity index (χ4n) is 2.24. The first kappa shape index (κ1) is 12.7. The summed E-state index contributed by atoms with van der Waals surface area (Å²) in [5, 5.41) is 9.31. The minimum absolute atomic E-state index is 0.0782. The molecule has 1 heterocycles. The highest BCUT2D eigenvalue weighted by molar-refractivity contribution is 5.64. The molecule has 0 amide bonds. The molecule has 0 saturated heterocycles. The minimum atomic E-state index is 0.0782. The van der Waals surface area contributed by atoms with E-state index in [0.717, 1.165) is 33.8 Å². The maximum Gasteiger partial charge on any atom is 0.121 e. The SMILES string of the molecule is COc1ccc(-c2cc(CO)c(C)n2C)cc1C. The zero-order chi connectivity index (χ0) is 13.3. The van der Waals surface area contributed by atoms with E-state index < -0.39 is 0 Å². The molecule has 3 nitrogen and oxygen atoms in total. The number of nitrogens with zero attached hydrogens (tertiary/aromatic N) is 1. The Labute approximate surface area is 108 Å². The van der Waals surface area contributed by atoms with E-state index in [2.05, 4.69) is 10.6 Å². The van der Waals surface area contributed by atoms with E-state index in [9.17, 15) is 5.11 Å². The number of hydrogen-bond donors (Lipinski definition) is 1. The van der Waals surface area contributed by atoms with Crippen LogP contribution in [-0.4, -0.2) is 16.8 Å². The fourth-order valence-corrected chi connectivity index (χ4v) is 2.24. The Bertz CT molecular complexity index is 570. The molecule has 1 N–H and O–H groups in total. The van der Waals surface area contributed by atoms with Gasteiger partial charge in [-0.1, -0.05) is 0 Å². The van der Waals surface area contributed by atoms with E-state index in [0.29, 0.717) is 0 Å². The second kappa shape index (κ2) is 4.86. The lowest BCUT2D eigenvalue weighted by atomic mass is 10.1. The Kier molecular flexibility index (Phi) is 3.43. The molecule has 18 heavy (non-hydrogen) atoms. The average molecular weight is 245 g/mol. The van der Waals surface area contributed by atoms with E-state index >= 15 is 0 Å². The van der Waals surface area contributed by atoms with Crippen LogP contribution in [0, 0.1) is 13.8 Å². The summed E-state index contributed by atoms with van der Waals surface area (Å²) in [6.45, 7) is 4.13. The van der Waals surface area contributed by atoms with E-state index in [-0.39, 0.29) is 6.61 Å². The van der Waals surface area contributed by atoms with Gasteiger partial charge in [0.25, 0.3) is 0 Å². The third-order valence-corrected chi connectivity index (χ3v) is 3.50. The van der Waals surface area contributed by atoms with Gasteiger partial charge in [-0.3, -0.25) is 0 Å². The molecule has 0 spiro atoms. The van der Waals surface area contributed by atoms with Crippen molar-refractivity contribution in [3.8, 4) is 17.0 Å². The summed E-state index contributed by atoms with van der Waals surface area (Å²) in [5.41, 5.74) is 5.43. The zero-order valence-corrected chi connectivity index (χ0v) is 11.3. The maximum absolute atomic E-state index is 9.31. The number of hydrogen-bond acceptors (Lipinski definition) is 2. The summed E-state index contributed by atoms with van der Waals surface area (Å²) in [7, 11) is 3.70. The molecule has 0 aliphatic rings. The van der Waals surface area contributed by atoms with Crippen molar-refractivity contribution >= 4 is 0 Å². The number of aliphatic hydroxyl groups excluding tert-OH is 1. The molecule has 2 aromatic rings. The molecule has 0 aliphatic heterocycles. The van der Waals surface area contributed by atoms with Crippen molar-refractivity contribution in [2.24, 2.45) is 7.05 Å². The molecular formula is C15H19NO2. The number of aromatic nitrogens is 1. The van der Waals surface area contributed by atoms with Crippen molar-refractivity contribution in [3.05, 3.63) is 41.1 Å². The van der Waals surface area contributed by atoms with Crippen LogP contribution in [0.15, 0.2) is 24.3 Å². The van der Waals surface area contributed by atoms with Gasteiger partial charge in [-0.05, 0) is 54.8 Å². The van der Waals surface area contributed by atoms with Crippen LogP contribution in [0.25, 0.3) is 11.3 Å². The number of rotatable bonds is 3. The average Bonchev–Trinajstić information content (AvgIpc) is 2.66. The molecule has 0 aliphatic carbocycles. The minimum Gasteiger partial charge on any atom is -0.496 e. The second-order valence-corrected chi connectivity index (χ2v) is 4.54. The number of benzene rings is 1. The lowest BCUT2D eigenvalue weighted by molar-refractivity contribution is 0.281. The summed E-state index contributed by atoms with van der Waals surface area (Å²) in [6.07, 6.45) is 0. The van der Waals surface area contributed by atoms with Crippen LogP contribution in [-0.2, 0) is 13.7 Å². The van der Waals surface area contributed by atoms with Crippen molar-refractivity contribution in [1.82, 2.24) is 4.57 Å². The van der Waals surface area contributed by atoms with Crippen molar-refractivity contribution in [2.45, 2.75) is 20.5 Å². The fraction of sp³-hybridized carbons (Fsp3) is 0.333. The Morgan fingerprint density at radius 3 is 2.44 bits per heavy atom. The zero-order valence-electron chi connectivity index (χ0n) is 11.3. The van der Waals surface area contributed by atoms with Gasteiger partial charge in [0.15, 0.2) is 0 Å². The van der Waals surface area contributed by atoms with Gasteiger partial charge in [0.05, 0.1) is 13.7 Å². The number of aliphatic hydroxyl groups is 1. The Hall–Kier alpha value is -1.74. The third-order valence-electron chi connectivity index (χ3n) is 3.50. The molecule has 1 aromatic carbocycles. The molecule has 96 valence electrons. The number of ether oxygens (including phenoxy) is 1. The molecule has 1 aromatic heterocycles. The first-order chi connectivity index (χ1) is 8.58. The molecule has 0 fully saturated rings. The molecule has 2 rings (SSSR count). The summed E-state index contributed by atoms with van der Waals surface area (Å²) in [4.78, 5) is 0. The summed E-state index contributed by atoms with van der Waals surface area (Å²) >= 11 is 0. The highest BCUT2D eigenvalue weighted by atomic mass is 16.5. The molecular weight excluding hydrogens is 226 g/mol. The normalized spacial score (nSPS) is 10.7. The van der Waals surface area contributed by atoms with E-state index in [1.54, 1.807) is 7.11 Å². The summed E-state index contributed by atoms with van der Waals surface area (Å²) in [5.74, 6) is 0.895. The Balaban J connectivity index is 2.52. The van der Waals surface area contributed by atoms with Gasteiger partial charge in [0, 0.05) is 18.4 Å². The number of methoxy groups -OCH3 is 1. The van der Waals surface area contributed by atoms with E-state index in [1.165, 1.54) is 0 Å². The van der Waals surface area contributed by atoms with Crippen LogP contribution in [0.5, 0.6) is 5.75 Å². The molecule has 0 atom stereocenters. The van der Waals surface area contributed by atoms with Crippen LogP contribution >= 0.6 is 0 Å². The van der Waals surface area contributed by atoms with Crippen LogP contribution in [0.1, 0.15) is 16.8 Å². The Morgan fingerprint density at radius 1 is 1.22 bits per heavy atom. The topological polar surface area (TPSA) is 34.4 Å². The Morgan fingerprint density at radius 2 is 1.94 bits per heavy atom. The van der Waals surface area contributed by atoms with Gasteiger partial charge < -0.3 is 14.4 Å². The largest absolute Gasteiger partial charge is 0.496 e. The summed E-state index contributed by atoms with van der Waals surface area (Å²) < 4.78 is 7.37. The standard InChI is InChI=1S/C15H19NO2/c1-10-7-12(5-6-15(10)18-4)14-8-13(9-17)11(2)16(14)3/h5-8,17H,9H2,1-4H3. The van der Waals surface area contributed by atoms with E-state index in [4.69, 9.17) is 4.74 Å². The van der Waals surface area contributed by atoms with Crippen molar-refractivity contribution < 1.29 is 9.84 Å². The lowest BCUT2D eigenvalue weighted by Crippen LogP contribution is -1.96. The molecule has 0 radical (unpaired) electrons. The quantitative estimate of drug-likeness (QED) is 0.902. The van der Waals surface area contributed by atoms with Gasteiger partial charge in [0.1, 0.15) is 5.75 Å². The van der Waals surface area contributed by atoms with Gasteiger partial charge in [-0.25, -0.2) is 0 Å². The van der Waals surface area contributed by atoms with Crippen LogP contribution in [0.3, 0.4) is 0 Å². The highest BCUT2D eigenvalue weighted by Crippen LogP contribution is 2.28. The molecule has 3 heteroatoms. The molecule has 0 unspecified atom stereocenters. The predicted octanol–water partition coefficient (Wildman–Crippen LogP) is 2.81. The van der Waals surface area contributed by atoms with Crippen LogP contribution in [0.2, 0.25) is 0 Å². The van der Waals surface area contributed by atoms with Crippen molar-refractivity contribution in [3.63, 3.8) is 0 Å². The van der Waals surface area contributed by atoms with Crippen LogP contribution in [0.4, 0.5) is 0 Å². The molecule has 0 bridgehead atoms. The van der Waals surface area contributed by atoms with Crippen molar-refractivity contribution in [2.75, 3.05) is 7.11 Å². The first-order valence-corrected chi connectivity index (χ1v) is 5.99. The van der Waals surface area contributed by atoms with Gasteiger partial charge in [-0.15, -0.1) is 0 Å². The number of aryl methyl sites for hydroxylation is 1. The first-order valence-electron chi connectivity index (χ1n) is 5.99. The van der Waals surface area contributed by atoms with Gasteiger partial charge in [-0.2, -0.15) is 0 Å². The summed E-state index contributed by atoms with van der Waals surface area (Å²) in [6, 6.07) is 8.17. The van der Waals surface area contributed by atoms with Crippen molar-refractivity contribution in [1.29, 1.82) is 0 Å². The predicted molar refractivity (Wildman–Crippen MR) is 72.8 cm³/mol.